The molecule has 0 bridgehead atoms. The summed E-state index contributed by atoms with van der Waals surface area (Å²) in [7, 11) is 0. The van der Waals surface area contributed by atoms with Crippen LogP contribution >= 0.6 is 0 Å². The van der Waals surface area contributed by atoms with Crippen molar-refractivity contribution in [2.24, 2.45) is 11.8 Å². The molecule has 0 amide bonds. The first-order valence-corrected chi connectivity index (χ1v) is 4.36. The molecule has 1 heterocycles. The number of nitrogens with one attached hydrogen (secondary N) is 1. The molecule has 1 rings (SSSR count). The van der Waals surface area contributed by atoms with Gasteiger partial charge in [-0.1, -0.05) is 0 Å². The Kier molecular flexibility index (Phi) is 4.09. The van der Waals surface area contributed by atoms with Crippen LogP contribution in [-0.2, 0) is 4.74 Å². The summed E-state index contributed by atoms with van der Waals surface area (Å²) in [5.74, 6) is 8.58. The lowest BCUT2D eigenvalue weighted by Gasteiger charge is -2.19. The Morgan fingerprint density at radius 2 is 2.58 bits per heavy atom. The zero-order valence-corrected chi connectivity index (χ0v) is 7.25. The number of nitrogens with two attached hydrogens (primary N) is 1. The number of hydrogen-bond donors (Lipinski definition) is 2. The van der Waals surface area contributed by atoms with Gasteiger partial charge < -0.3 is 4.74 Å². The highest BCUT2D eigenvalue weighted by Crippen LogP contribution is 2.18. The second kappa shape index (κ2) is 5.15. The van der Waals surface area contributed by atoms with Crippen LogP contribution in [-0.4, -0.2) is 19.3 Å². The Labute approximate surface area is 73.6 Å². The number of hydrogen-bond acceptors (Lipinski definition) is 3. The van der Waals surface area contributed by atoms with Crippen LogP contribution < -0.4 is 11.3 Å². The van der Waals surface area contributed by atoms with Crippen LogP contribution in [0.15, 0.2) is 0 Å². The van der Waals surface area contributed by atoms with E-state index in [0.29, 0.717) is 12.0 Å². The van der Waals surface area contributed by atoms with Crippen molar-refractivity contribution < 1.29 is 4.74 Å². The monoisotopic (exact) mass is 168 g/mol. The second-order valence-electron chi connectivity index (χ2n) is 3.14. The van der Waals surface area contributed by atoms with Gasteiger partial charge in [-0.15, -0.1) is 12.3 Å². The fourth-order valence-electron chi connectivity index (χ4n) is 1.56. The van der Waals surface area contributed by atoms with E-state index in [9.17, 15) is 0 Å². The Bertz CT molecular complexity index is 158. The molecule has 2 unspecified atom stereocenters. The van der Waals surface area contributed by atoms with E-state index in [1.54, 1.807) is 0 Å². The SMILES string of the molecule is C#CCCC(NN)C1CCOC1. The number of terminal acetylenes is 1. The molecule has 0 aromatic heterocycles. The average molecular weight is 168 g/mol. The van der Waals surface area contributed by atoms with Crippen LogP contribution in [0.2, 0.25) is 0 Å². The van der Waals surface area contributed by atoms with Gasteiger partial charge in [-0.3, -0.25) is 11.3 Å². The molecular weight excluding hydrogens is 152 g/mol. The van der Waals surface area contributed by atoms with Gasteiger partial charge in [-0.05, 0) is 12.8 Å². The Hall–Kier alpha value is -0.560. The fourth-order valence-corrected chi connectivity index (χ4v) is 1.56. The molecule has 1 aliphatic rings. The molecule has 1 saturated heterocycles. The number of rotatable bonds is 4. The van der Waals surface area contributed by atoms with Gasteiger partial charge in [0.05, 0.1) is 6.61 Å². The smallest absolute Gasteiger partial charge is 0.0510 e. The highest BCUT2D eigenvalue weighted by atomic mass is 16.5. The maximum atomic E-state index is 5.42. The standard InChI is InChI=1S/C9H16N2O/c1-2-3-4-9(11-10)8-5-6-12-7-8/h1,8-9,11H,3-7,10H2. The minimum Gasteiger partial charge on any atom is -0.381 e. The maximum absolute atomic E-state index is 5.42. The molecule has 0 spiro atoms. The van der Waals surface area contributed by atoms with Crippen LogP contribution in [0.25, 0.3) is 0 Å². The molecule has 2 atom stereocenters. The molecular formula is C9H16N2O. The van der Waals surface area contributed by atoms with Gasteiger partial charge in [0.15, 0.2) is 0 Å². The van der Waals surface area contributed by atoms with Crippen LogP contribution in [0.4, 0.5) is 0 Å². The molecule has 0 aliphatic carbocycles. The van der Waals surface area contributed by atoms with Crippen LogP contribution in [0.5, 0.6) is 0 Å². The van der Waals surface area contributed by atoms with Gasteiger partial charge in [-0.25, -0.2) is 0 Å². The highest BCUT2D eigenvalue weighted by Gasteiger charge is 2.23. The van der Waals surface area contributed by atoms with Crippen molar-refractivity contribution in [3.8, 4) is 12.3 Å². The predicted octanol–water partition coefficient (Wildman–Crippen LogP) is 0.268. The molecule has 0 radical (unpaired) electrons. The zero-order valence-electron chi connectivity index (χ0n) is 7.25. The zero-order chi connectivity index (χ0) is 8.81. The van der Waals surface area contributed by atoms with Crippen molar-refractivity contribution in [3.63, 3.8) is 0 Å². The first-order chi connectivity index (χ1) is 5.88. The summed E-state index contributed by atoms with van der Waals surface area (Å²) in [6, 6.07) is 0.323. The summed E-state index contributed by atoms with van der Waals surface area (Å²) in [5.41, 5.74) is 2.80. The third kappa shape index (κ3) is 2.49. The van der Waals surface area contributed by atoms with Crippen molar-refractivity contribution in [1.82, 2.24) is 5.43 Å². The molecule has 3 N–H and O–H groups in total. The van der Waals surface area contributed by atoms with Crippen molar-refractivity contribution in [1.29, 1.82) is 0 Å². The summed E-state index contributed by atoms with van der Waals surface area (Å²) < 4.78 is 5.27. The first kappa shape index (κ1) is 9.53. The number of hydrazine groups is 1. The highest BCUT2D eigenvalue weighted by molar-refractivity contribution is 4.87. The molecule has 0 saturated carbocycles. The number of ether oxygens (including phenoxy) is 1. The van der Waals surface area contributed by atoms with Crippen LogP contribution in [0, 0.1) is 18.3 Å². The fraction of sp³-hybridized carbons (Fsp3) is 0.778. The summed E-state index contributed by atoms with van der Waals surface area (Å²) in [4.78, 5) is 0. The van der Waals surface area contributed by atoms with Crippen molar-refractivity contribution in [2.45, 2.75) is 25.3 Å². The van der Waals surface area contributed by atoms with Gasteiger partial charge in [0, 0.05) is 25.0 Å². The van der Waals surface area contributed by atoms with Crippen LogP contribution in [0.3, 0.4) is 0 Å². The van der Waals surface area contributed by atoms with E-state index in [-0.39, 0.29) is 0 Å². The van der Waals surface area contributed by atoms with E-state index in [1.165, 1.54) is 0 Å². The molecule has 68 valence electrons. The largest absolute Gasteiger partial charge is 0.381 e. The molecule has 1 fully saturated rings. The third-order valence-electron chi connectivity index (χ3n) is 2.35. The molecule has 0 aromatic rings. The molecule has 3 heteroatoms. The molecule has 12 heavy (non-hydrogen) atoms. The molecule has 3 nitrogen and oxygen atoms in total. The minimum atomic E-state index is 0.323. The van der Waals surface area contributed by atoms with E-state index in [0.717, 1.165) is 32.5 Å². The Balaban J connectivity index is 2.28. The van der Waals surface area contributed by atoms with Gasteiger partial charge in [0.25, 0.3) is 0 Å². The van der Waals surface area contributed by atoms with E-state index in [1.807, 2.05) is 0 Å². The minimum absolute atomic E-state index is 0.323. The van der Waals surface area contributed by atoms with E-state index in [2.05, 4.69) is 11.3 Å². The van der Waals surface area contributed by atoms with Gasteiger partial charge in [0.1, 0.15) is 0 Å². The van der Waals surface area contributed by atoms with E-state index < -0.39 is 0 Å². The first-order valence-electron chi connectivity index (χ1n) is 4.36. The van der Waals surface area contributed by atoms with Crippen LogP contribution in [0.1, 0.15) is 19.3 Å². The van der Waals surface area contributed by atoms with Gasteiger partial charge >= 0.3 is 0 Å². The van der Waals surface area contributed by atoms with Crippen molar-refractivity contribution in [3.05, 3.63) is 0 Å². The molecule has 1 aliphatic heterocycles. The maximum Gasteiger partial charge on any atom is 0.0510 e. The third-order valence-corrected chi connectivity index (χ3v) is 2.35. The summed E-state index contributed by atoms with van der Waals surface area (Å²) in [6.07, 6.45) is 8.01. The van der Waals surface area contributed by atoms with E-state index in [4.69, 9.17) is 17.0 Å². The lowest BCUT2D eigenvalue weighted by Crippen LogP contribution is -2.41. The molecule has 0 aromatic carbocycles. The lowest BCUT2D eigenvalue weighted by molar-refractivity contribution is 0.175. The quantitative estimate of drug-likeness (QED) is 0.360. The normalized spacial score (nSPS) is 25.2. The lowest BCUT2D eigenvalue weighted by atomic mass is 9.96. The van der Waals surface area contributed by atoms with Gasteiger partial charge in [-0.2, -0.15) is 0 Å². The summed E-state index contributed by atoms with van der Waals surface area (Å²) in [5, 5.41) is 0. The van der Waals surface area contributed by atoms with Crippen molar-refractivity contribution >= 4 is 0 Å². The second-order valence-corrected chi connectivity index (χ2v) is 3.14. The van der Waals surface area contributed by atoms with Gasteiger partial charge in [0.2, 0.25) is 0 Å². The predicted molar refractivity (Wildman–Crippen MR) is 48.1 cm³/mol. The van der Waals surface area contributed by atoms with E-state index >= 15 is 0 Å². The average Bonchev–Trinajstić information content (AvgIpc) is 2.59. The Morgan fingerprint density at radius 3 is 3.08 bits per heavy atom. The van der Waals surface area contributed by atoms with Crippen molar-refractivity contribution in [2.75, 3.05) is 13.2 Å². The Morgan fingerprint density at radius 1 is 1.75 bits per heavy atom. The summed E-state index contributed by atoms with van der Waals surface area (Å²) in [6.45, 7) is 1.68. The topological polar surface area (TPSA) is 47.3 Å². The summed E-state index contributed by atoms with van der Waals surface area (Å²) >= 11 is 0.